The molecule has 1 amide bonds. The predicted octanol–water partition coefficient (Wildman–Crippen LogP) is 1.50. The molecule has 1 aliphatic carbocycles. The number of aliphatic carboxylic acids is 1. The Morgan fingerprint density at radius 3 is 2.50 bits per heavy atom. The molecule has 0 aromatic carbocycles. The number of piperidine rings is 1. The highest BCUT2D eigenvalue weighted by atomic mass is 16.4. The van der Waals surface area contributed by atoms with E-state index in [1.165, 1.54) is 0 Å². The number of amides is 1. The van der Waals surface area contributed by atoms with Gasteiger partial charge in [-0.25, -0.2) is 4.79 Å². The van der Waals surface area contributed by atoms with Crippen molar-refractivity contribution in [3.8, 4) is 0 Å². The Labute approximate surface area is 95.6 Å². The van der Waals surface area contributed by atoms with Crippen molar-refractivity contribution in [1.82, 2.24) is 4.90 Å². The summed E-state index contributed by atoms with van der Waals surface area (Å²) in [6, 6.07) is -0.581. The maximum Gasteiger partial charge on any atom is 0.326 e. The van der Waals surface area contributed by atoms with Gasteiger partial charge in [-0.15, -0.1) is 0 Å². The van der Waals surface area contributed by atoms with Crippen LogP contribution in [-0.4, -0.2) is 34.5 Å². The molecule has 4 heteroatoms. The van der Waals surface area contributed by atoms with Gasteiger partial charge in [-0.3, -0.25) is 4.79 Å². The standard InChI is InChI=1S/C12H19NO3/c1-8(9-5-6-9)11(14)13-7-3-2-4-10(13)12(15)16/h8-10H,2-7H2,1H3,(H,15,16)/t8?,10-/m0/s1. The molecule has 2 aliphatic rings. The van der Waals surface area contributed by atoms with Gasteiger partial charge in [0.1, 0.15) is 6.04 Å². The highest BCUT2D eigenvalue weighted by Gasteiger charge is 2.39. The van der Waals surface area contributed by atoms with Crippen LogP contribution in [0.15, 0.2) is 0 Å². The topological polar surface area (TPSA) is 57.6 Å². The van der Waals surface area contributed by atoms with Gasteiger partial charge < -0.3 is 10.0 Å². The molecule has 90 valence electrons. The number of carbonyl (C=O) groups is 2. The van der Waals surface area contributed by atoms with Gasteiger partial charge in [0.15, 0.2) is 0 Å². The lowest BCUT2D eigenvalue weighted by Gasteiger charge is -2.34. The second kappa shape index (κ2) is 4.44. The van der Waals surface area contributed by atoms with Crippen LogP contribution in [0.2, 0.25) is 0 Å². The van der Waals surface area contributed by atoms with Gasteiger partial charge in [0, 0.05) is 12.5 Å². The van der Waals surface area contributed by atoms with E-state index >= 15 is 0 Å². The summed E-state index contributed by atoms with van der Waals surface area (Å²) in [5.74, 6) is -0.283. The van der Waals surface area contributed by atoms with Crippen molar-refractivity contribution >= 4 is 11.9 Å². The van der Waals surface area contributed by atoms with Crippen molar-refractivity contribution in [3.63, 3.8) is 0 Å². The zero-order chi connectivity index (χ0) is 11.7. The maximum atomic E-state index is 12.2. The number of carboxylic acids is 1. The normalized spacial score (nSPS) is 27.6. The highest BCUT2D eigenvalue weighted by Crippen LogP contribution is 2.38. The van der Waals surface area contributed by atoms with Crippen molar-refractivity contribution in [2.45, 2.75) is 45.1 Å². The molecule has 2 fully saturated rings. The Morgan fingerprint density at radius 1 is 1.25 bits per heavy atom. The first kappa shape index (κ1) is 11.4. The van der Waals surface area contributed by atoms with Gasteiger partial charge in [-0.05, 0) is 38.0 Å². The Kier molecular flexibility index (Phi) is 3.17. The third-order valence-electron chi connectivity index (χ3n) is 3.79. The molecule has 16 heavy (non-hydrogen) atoms. The molecule has 4 nitrogen and oxygen atoms in total. The van der Waals surface area contributed by atoms with Crippen LogP contribution in [0, 0.1) is 11.8 Å². The van der Waals surface area contributed by atoms with Crippen LogP contribution in [0.25, 0.3) is 0 Å². The number of carbonyl (C=O) groups excluding carboxylic acids is 1. The molecular formula is C12H19NO3. The van der Waals surface area contributed by atoms with Crippen LogP contribution in [0.5, 0.6) is 0 Å². The third kappa shape index (κ3) is 2.20. The molecule has 1 heterocycles. The fraction of sp³-hybridized carbons (Fsp3) is 0.833. The predicted molar refractivity (Wildman–Crippen MR) is 58.9 cm³/mol. The summed E-state index contributed by atoms with van der Waals surface area (Å²) in [6.45, 7) is 2.56. The summed E-state index contributed by atoms with van der Waals surface area (Å²) >= 11 is 0. The van der Waals surface area contributed by atoms with E-state index in [2.05, 4.69) is 0 Å². The van der Waals surface area contributed by atoms with Crippen molar-refractivity contribution in [2.75, 3.05) is 6.54 Å². The van der Waals surface area contributed by atoms with Gasteiger partial charge >= 0.3 is 5.97 Å². The minimum absolute atomic E-state index is 0.0138. The maximum absolute atomic E-state index is 12.2. The second-order valence-corrected chi connectivity index (χ2v) is 5.01. The number of rotatable bonds is 3. The molecule has 0 radical (unpaired) electrons. The number of likely N-dealkylation sites (tertiary alicyclic amines) is 1. The molecule has 2 rings (SSSR count). The van der Waals surface area contributed by atoms with E-state index in [0.717, 1.165) is 25.7 Å². The summed E-state index contributed by atoms with van der Waals surface area (Å²) in [5.41, 5.74) is 0. The summed E-state index contributed by atoms with van der Waals surface area (Å²) in [7, 11) is 0. The Balaban J connectivity index is 2.03. The Hall–Kier alpha value is -1.06. The Morgan fingerprint density at radius 2 is 1.94 bits per heavy atom. The van der Waals surface area contributed by atoms with Crippen molar-refractivity contribution in [3.05, 3.63) is 0 Å². The zero-order valence-electron chi connectivity index (χ0n) is 9.69. The van der Waals surface area contributed by atoms with Crippen LogP contribution in [-0.2, 0) is 9.59 Å². The second-order valence-electron chi connectivity index (χ2n) is 5.01. The van der Waals surface area contributed by atoms with Gasteiger partial charge in [0.25, 0.3) is 0 Å². The number of hydrogen-bond donors (Lipinski definition) is 1. The highest BCUT2D eigenvalue weighted by molar-refractivity contribution is 5.85. The van der Waals surface area contributed by atoms with Crippen LogP contribution in [0.3, 0.4) is 0 Å². The molecule has 1 aliphatic heterocycles. The molecule has 1 unspecified atom stereocenters. The average Bonchev–Trinajstić information content (AvgIpc) is 3.11. The first-order valence-corrected chi connectivity index (χ1v) is 6.14. The van der Waals surface area contributed by atoms with Crippen molar-refractivity contribution in [1.29, 1.82) is 0 Å². The molecule has 0 bridgehead atoms. The van der Waals surface area contributed by atoms with E-state index in [1.807, 2.05) is 6.92 Å². The zero-order valence-corrected chi connectivity index (χ0v) is 9.69. The summed E-state index contributed by atoms with van der Waals surface area (Å²) < 4.78 is 0. The first-order valence-electron chi connectivity index (χ1n) is 6.14. The van der Waals surface area contributed by atoms with Gasteiger partial charge in [0.2, 0.25) is 5.91 Å². The molecule has 2 atom stereocenters. The average molecular weight is 225 g/mol. The quantitative estimate of drug-likeness (QED) is 0.791. The van der Waals surface area contributed by atoms with Crippen molar-refractivity contribution < 1.29 is 14.7 Å². The van der Waals surface area contributed by atoms with Crippen molar-refractivity contribution in [2.24, 2.45) is 11.8 Å². The lowest BCUT2D eigenvalue weighted by atomic mass is 9.98. The monoisotopic (exact) mass is 225 g/mol. The van der Waals surface area contributed by atoms with Crippen LogP contribution >= 0.6 is 0 Å². The molecule has 0 spiro atoms. The van der Waals surface area contributed by atoms with Crippen LogP contribution in [0.4, 0.5) is 0 Å². The number of nitrogens with zero attached hydrogens (tertiary/aromatic N) is 1. The van der Waals surface area contributed by atoms with E-state index in [1.54, 1.807) is 4.90 Å². The minimum atomic E-state index is -0.851. The molecule has 1 saturated carbocycles. The lowest BCUT2D eigenvalue weighted by molar-refractivity contribution is -0.154. The molecule has 0 aromatic rings. The largest absolute Gasteiger partial charge is 0.480 e. The van der Waals surface area contributed by atoms with E-state index < -0.39 is 12.0 Å². The van der Waals surface area contributed by atoms with Crippen LogP contribution < -0.4 is 0 Å². The van der Waals surface area contributed by atoms with E-state index in [-0.39, 0.29) is 11.8 Å². The minimum Gasteiger partial charge on any atom is -0.480 e. The molecular weight excluding hydrogens is 206 g/mol. The fourth-order valence-electron chi connectivity index (χ4n) is 2.51. The van der Waals surface area contributed by atoms with E-state index in [9.17, 15) is 9.59 Å². The smallest absolute Gasteiger partial charge is 0.326 e. The molecule has 0 aromatic heterocycles. The molecule has 1 N–H and O–H groups in total. The van der Waals surface area contributed by atoms with Gasteiger partial charge in [0.05, 0.1) is 0 Å². The fourth-order valence-corrected chi connectivity index (χ4v) is 2.51. The van der Waals surface area contributed by atoms with Gasteiger partial charge in [-0.1, -0.05) is 6.92 Å². The number of carboxylic acid groups (broad SMARTS) is 1. The first-order chi connectivity index (χ1) is 7.61. The summed E-state index contributed by atoms with van der Waals surface area (Å²) in [4.78, 5) is 24.8. The van der Waals surface area contributed by atoms with Gasteiger partial charge in [-0.2, -0.15) is 0 Å². The van der Waals surface area contributed by atoms with E-state index in [0.29, 0.717) is 18.9 Å². The summed E-state index contributed by atoms with van der Waals surface area (Å²) in [6.07, 6.45) is 4.71. The Bertz CT molecular complexity index is 299. The summed E-state index contributed by atoms with van der Waals surface area (Å²) in [5, 5.41) is 9.10. The lowest BCUT2D eigenvalue weighted by Crippen LogP contribution is -2.50. The van der Waals surface area contributed by atoms with Crippen LogP contribution in [0.1, 0.15) is 39.0 Å². The number of hydrogen-bond acceptors (Lipinski definition) is 2. The SMILES string of the molecule is CC(C(=O)N1CCCC[C@H]1C(=O)O)C1CC1. The van der Waals surface area contributed by atoms with E-state index in [4.69, 9.17) is 5.11 Å². The molecule has 1 saturated heterocycles. The third-order valence-corrected chi connectivity index (χ3v) is 3.79.